The van der Waals surface area contributed by atoms with Crippen LogP contribution in [0.5, 0.6) is 0 Å². The van der Waals surface area contributed by atoms with Crippen LogP contribution in [-0.2, 0) is 6.42 Å². The number of hydrogen-bond donors (Lipinski definition) is 2. The molecule has 1 heterocycles. The van der Waals surface area contributed by atoms with Crippen molar-refractivity contribution in [2.45, 2.75) is 25.4 Å². The Hall–Kier alpha value is -1.00. The van der Waals surface area contributed by atoms with Crippen LogP contribution >= 0.6 is 0 Å². The molecule has 0 radical (unpaired) electrons. The van der Waals surface area contributed by atoms with E-state index in [2.05, 4.69) is 9.97 Å². The molecule has 0 amide bonds. The molecule has 1 aromatic rings. The van der Waals surface area contributed by atoms with Crippen LogP contribution in [-0.4, -0.2) is 22.1 Å². The molecule has 66 valence electrons. The maximum absolute atomic E-state index is 5.76. The first-order valence-corrected chi connectivity index (χ1v) is 3.96. The number of aromatic nitrogens is 2. The highest BCUT2D eigenvalue weighted by Gasteiger charge is 2.08. The standard InChI is InChI=1S/C8H14N4/c1-6(9)8(10)4-7-5-11-2-3-12-7/h2-3,5-6,8H,4,9-10H2,1H3. The van der Waals surface area contributed by atoms with E-state index in [0.717, 1.165) is 5.69 Å². The van der Waals surface area contributed by atoms with Crippen LogP contribution < -0.4 is 11.5 Å². The first kappa shape index (κ1) is 9.09. The van der Waals surface area contributed by atoms with Gasteiger partial charge in [-0.05, 0) is 6.92 Å². The molecule has 12 heavy (non-hydrogen) atoms. The second-order valence-electron chi connectivity index (χ2n) is 2.92. The van der Waals surface area contributed by atoms with Crippen LogP contribution in [0.2, 0.25) is 0 Å². The predicted molar refractivity (Wildman–Crippen MR) is 47.4 cm³/mol. The topological polar surface area (TPSA) is 77.8 Å². The van der Waals surface area contributed by atoms with Gasteiger partial charge in [0.1, 0.15) is 0 Å². The van der Waals surface area contributed by atoms with E-state index in [1.54, 1.807) is 18.6 Å². The van der Waals surface area contributed by atoms with Crippen molar-refractivity contribution in [2.75, 3.05) is 0 Å². The van der Waals surface area contributed by atoms with Crippen LogP contribution in [0.15, 0.2) is 18.6 Å². The van der Waals surface area contributed by atoms with Gasteiger partial charge in [0.25, 0.3) is 0 Å². The number of nitrogens with two attached hydrogens (primary N) is 2. The maximum atomic E-state index is 5.76. The minimum atomic E-state index is -0.0401. The van der Waals surface area contributed by atoms with Gasteiger partial charge in [-0.25, -0.2) is 0 Å². The van der Waals surface area contributed by atoms with Crippen molar-refractivity contribution in [3.63, 3.8) is 0 Å². The summed E-state index contributed by atoms with van der Waals surface area (Å²) in [5.74, 6) is 0. The lowest BCUT2D eigenvalue weighted by Gasteiger charge is -2.14. The predicted octanol–water partition coefficient (Wildman–Crippen LogP) is -0.306. The van der Waals surface area contributed by atoms with Crippen molar-refractivity contribution >= 4 is 0 Å². The summed E-state index contributed by atoms with van der Waals surface area (Å²) in [4.78, 5) is 8.04. The zero-order valence-electron chi connectivity index (χ0n) is 7.14. The van der Waals surface area contributed by atoms with Gasteiger partial charge in [-0.1, -0.05) is 0 Å². The van der Waals surface area contributed by atoms with Crippen LogP contribution in [0.4, 0.5) is 0 Å². The van der Waals surface area contributed by atoms with Gasteiger partial charge in [0, 0.05) is 37.1 Å². The fraction of sp³-hybridized carbons (Fsp3) is 0.500. The molecule has 0 spiro atoms. The zero-order valence-corrected chi connectivity index (χ0v) is 7.14. The Morgan fingerprint density at radius 2 is 2.17 bits per heavy atom. The summed E-state index contributed by atoms with van der Waals surface area (Å²) in [6, 6.07) is -0.0475. The lowest BCUT2D eigenvalue weighted by molar-refractivity contribution is 0.551. The minimum absolute atomic E-state index is 0.00740. The third-order valence-corrected chi connectivity index (χ3v) is 1.74. The summed E-state index contributed by atoms with van der Waals surface area (Å²) in [7, 11) is 0. The average Bonchev–Trinajstić information content (AvgIpc) is 2.06. The molecule has 4 N–H and O–H groups in total. The largest absolute Gasteiger partial charge is 0.327 e. The molecule has 4 nitrogen and oxygen atoms in total. The number of rotatable bonds is 3. The van der Waals surface area contributed by atoms with E-state index in [-0.39, 0.29) is 12.1 Å². The van der Waals surface area contributed by atoms with Crippen LogP contribution in [0, 0.1) is 0 Å². The van der Waals surface area contributed by atoms with Gasteiger partial charge in [0.05, 0.1) is 5.69 Å². The smallest absolute Gasteiger partial charge is 0.0602 e. The molecule has 4 heteroatoms. The van der Waals surface area contributed by atoms with E-state index in [0.29, 0.717) is 6.42 Å². The first-order chi connectivity index (χ1) is 5.70. The fourth-order valence-electron chi connectivity index (χ4n) is 0.863. The highest BCUT2D eigenvalue weighted by Crippen LogP contribution is 1.97. The lowest BCUT2D eigenvalue weighted by Crippen LogP contribution is -2.40. The third-order valence-electron chi connectivity index (χ3n) is 1.74. The van der Waals surface area contributed by atoms with Gasteiger partial charge in [-0.15, -0.1) is 0 Å². The molecule has 1 rings (SSSR count). The van der Waals surface area contributed by atoms with E-state index < -0.39 is 0 Å². The molecular formula is C8H14N4. The van der Waals surface area contributed by atoms with Gasteiger partial charge in [-0.2, -0.15) is 0 Å². The van der Waals surface area contributed by atoms with Gasteiger partial charge < -0.3 is 11.5 Å². The van der Waals surface area contributed by atoms with Crippen molar-refractivity contribution in [3.8, 4) is 0 Å². The molecule has 0 aliphatic heterocycles. The normalized spacial score (nSPS) is 15.6. The van der Waals surface area contributed by atoms with Gasteiger partial charge >= 0.3 is 0 Å². The Morgan fingerprint density at radius 3 is 2.67 bits per heavy atom. The average molecular weight is 166 g/mol. The molecular weight excluding hydrogens is 152 g/mol. The van der Waals surface area contributed by atoms with Gasteiger partial charge in [0.15, 0.2) is 0 Å². The summed E-state index contributed by atoms with van der Waals surface area (Å²) in [5.41, 5.74) is 12.3. The molecule has 0 aliphatic carbocycles. The van der Waals surface area contributed by atoms with Gasteiger partial charge in [-0.3, -0.25) is 9.97 Å². The highest BCUT2D eigenvalue weighted by molar-refractivity contribution is 4.98. The summed E-state index contributed by atoms with van der Waals surface area (Å²) in [5, 5.41) is 0. The van der Waals surface area contributed by atoms with E-state index in [4.69, 9.17) is 11.5 Å². The van der Waals surface area contributed by atoms with Crippen molar-refractivity contribution < 1.29 is 0 Å². The molecule has 0 saturated carbocycles. The Balaban J connectivity index is 2.53. The van der Waals surface area contributed by atoms with Gasteiger partial charge in [0.2, 0.25) is 0 Å². The van der Waals surface area contributed by atoms with Crippen LogP contribution in [0.1, 0.15) is 12.6 Å². The lowest BCUT2D eigenvalue weighted by atomic mass is 10.1. The molecule has 0 bridgehead atoms. The molecule has 0 aliphatic rings. The SMILES string of the molecule is CC(N)C(N)Cc1cnccn1. The fourth-order valence-corrected chi connectivity index (χ4v) is 0.863. The van der Waals surface area contributed by atoms with Crippen molar-refractivity contribution in [1.29, 1.82) is 0 Å². The van der Waals surface area contributed by atoms with E-state index >= 15 is 0 Å². The minimum Gasteiger partial charge on any atom is -0.327 e. The summed E-state index contributed by atoms with van der Waals surface area (Å²) >= 11 is 0. The van der Waals surface area contributed by atoms with Crippen LogP contribution in [0.25, 0.3) is 0 Å². The third kappa shape index (κ3) is 2.56. The first-order valence-electron chi connectivity index (χ1n) is 3.96. The number of nitrogens with zero attached hydrogens (tertiary/aromatic N) is 2. The molecule has 0 saturated heterocycles. The second-order valence-corrected chi connectivity index (χ2v) is 2.92. The zero-order chi connectivity index (χ0) is 8.97. The molecule has 2 unspecified atom stereocenters. The van der Waals surface area contributed by atoms with E-state index in [9.17, 15) is 0 Å². The Kier molecular flexibility index (Phi) is 3.13. The highest BCUT2D eigenvalue weighted by atomic mass is 14.8. The summed E-state index contributed by atoms with van der Waals surface area (Å²) in [6.45, 7) is 1.89. The second kappa shape index (κ2) is 4.13. The molecule has 0 aromatic carbocycles. The van der Waals surface area contributed by atoms with Crippen molar-refractivity contribution in [1.82, 2.24) is 9.97 Å². The molecule has 2 atom stereocenters. The molecule has 1 aromatic heterocycles. The van der Waals surface area contributed by atoms with E-state index in [1.807, 2.05) is 6.92 Å². The Labute approximate surface area is 72.0 Å². The monoisotopic (exact) mass is 166 g/mol. The van der Waals surface area contributed by atoms with Crippen LogP contribution in [0.3, 0.4) is 0 Å². The summed E-state index contributed by atoms with van der Waals surface area (Å²) in [6.07, 6.45) is 5.69. The number of hydrogen-bond acceptors (Lipinski definition) is 4. The van der Waals surface area contributed by atoms with Crippen molar-refractivity contribution in [3.05, 3.63) is 24.3 Å². The van der Waals surface area contributed by atoms with E-state index in [1.165, 1.54) is 0 Å². The Bertz CT molecular complexity index is 222. The Morgan fingerprint density at radius 1 is 1.42 bits per heavy atom. The quantitative estimate of drug-likeness (QED) is 0.646. The maximum Gasteiger partial charge on any atom is 0.0602 e. The van der Waals surface area contributed by atoms with Crippen molar-refractivity contribution in [2.24, 2.45) is 11.5 Å². The summed E-state index contributed by atoms with van der Waals surface area (Å²) < 4.78 is 0. The molecule has 0 fully saturated rings.